The molecule has 142 valence electrons. The average Bonchev–Trinajstić information content (AvgIpc) is 2.61. The number of carbonyl (C=O) groups is 1. The number of hydrogen-bond acceptors (Lipinski definition) is 7. The number of aromatic nitrogens is 2. The summed E-state index contributed by atoms with van der Waals surface area (Å²) in [5.74, 6) is -1.37. The van der Waals surface area contributed by atoms with E-state index >= 15 is 0 Å². The van der Waals surface area contributed by atoms with Gasteiger partial charge in [0.2, 0.25) is 0 Å². The second-order valence-electron chi connectivity index (χ2n) is 6.49. The van der Waals surface area contributed by atoms with Crippen LogP contribution in [0.1, 0.15) is 40.5 Å². The molecular weight excluding hydrogens is 401 g/mol. The number of nitrogens with two attached hydrogens (primary N) is 1. The number of rotatable bonds is 4. The first kappa shape index (κ1) is 20.0. The van der Waals surface area contributed by atoms with E-state index in [1.165, 1.54) is 18.0 Å². The largest absolute Gasteiger partial charge is 0.378 e. The van der Waals surface area contributed by atoms with E-state index in [1.54, 1.807) is 12.1 Å². The van der Waals surface area contributed by atoms with Gasteiger partial charge in [-0.25, -0.2) is 14.4 Å². The van der Waals surface area contributed by atoms with Gasteiger partial charge in [0.25, 0.3) is 0 Å². The first-order valence-corrected chi connectivity index (χ1v) is 9.36. The van der Waals surface area contributed by atoms with E-state index in [0.717, 1.165) is 17.2 Å². The number of thioether (sulfide) groups is 1. The van der Waals surface area contributed by atoms with Gasteiger partial charge in [-0.3, -0.25) is 9.79 Å². The highest BCUT2D eigenvalue weighted by Gasteiger charge is 2.34. The van der Waals surface area contributed by atoms with Gasteiger partial charge in [-0.2, -0.15) is 5.26 Å². The fraction of sp³-hybridized carbons (Fsp3) is 0.211. The molecule has 0 saturated heterocycles. The second-order valence-corrected chi connectivity index (χ2v) is 8.05. The van der Waals surface area contributed by atoms with Crippen molar-refractivity contribution in [2.75, 3.05) is 0 Å². The van der Waals surface area contributed by atoms with Crippen molar-refractivity contribution in [3.05, 3.63) is 69.4 Å². The lowest BCUT2D eigenvalue weighted by atomic mass is 9.89. The molecule has 28 heavy (non-hydrogen) atoms. The summed E-state index contributed by atoms with van der Waals surface area (Å²) < 4.78 is 14.1. The third-order valence-electron chi connectivity index (χ3n) is 4.22. The molecule has 0 spiro atoms. The molecule has 1 aliphatic rings. The van der Waals surface area contributed by atoms with Crippen molar-refractivity contribution in [3.63, 3.8) is 0 Å². The van der Waals surface area contributed by atoms with E-state index in [9.17, 15) is 9.18 Å². The Kier molecular flexibility index (Phi) is 5.49. The molecule has 9 heteroatoms. The fourth-order valence-electron chi connectivity index (χ4n) is 2.97. The molecule has 2 aromatic rings. The van der Waals surface area contributed by atoms with Crippen molar-refractivity contribution in [1.29, 1.82) is 5.26 Å². The number of nitriles is 1. The maximum absolute atomic E-state index is 14.1. The van der Waals surface area contributed by atoms with Crippen LogP contribution in [0.25, 0.3) is 0 Å². The third-order valence-corrected chi connectivity index (χ3v) is 5.26. The summed E-state index contributed by atoms with van der Waals surface area (Å²) in [4.78, 5) is 25.7. The number of ketones is 1. The van der Waals surface area contributed by atoms with E-state index < -0.39 is 17.1 Å². The molecule has 3 heterocycles. The molecule has 0 unspecified atom stereocenters. The molecule has 0 aliphatic carbocycles. The third kappa shape index (κ3) is 4.06. The van der Waals surface area contributed by atoms with Gasteiger partial charge in [0, 0.05) is 30.8 Å². The molecule has 0 bridgehead atoms. The van der Waals surface area contributed by atoms with Crippen LogP contribution < -0.4 is 5.73 Å². The van der Waals surface area contributed by atoms with Gasteiger partial charge >= 0.3 is 0 Å². The van der Waals surface area contributed by atoms with Gasteiger partial charge in [0.05, 0.1) is 11.1 Å². The lowest BCUT2D eigenvalue weighted by Crippen LogP contribution is -2.28. The van der Waals surface area contributed by atoms with E-state index in [0.29, 0.717) is 22.7 Å². The van der Waals surface area contributed by atoms with Crippen LogP contribution in [0.15, 0.2) is 41.0 Å². The number of pyridine rings is 2. The monoisotopic (exact) mass is 415 g/mol. The van der Waals surface area contributed by atoms with E-state index in [-0.39, 0.29) is 22.8 Å². The number of carbonyl (C=O) groups excluding carboxylic acids is 1. The highest BCUT2D eigenvalue weighted by atomic mass is 35.5. The Morgan fingerprint density at radius 3 is 2.86 bits per heavy atom. The van der Waals surface area contributed by atoms with E-state index in [2.05, 4.69) is 21.5 Å². The Hall–Kier alpha value is -2.76. The van der Waals surface area contributed by atoms with Crippen molar-refractivity contribution in [1.82, 2.24) is 9.97 Å². The van der Waals surface area contributed by atoms with Gasteiger partial charge in [-0.15, -0.1) is 0 Å². The number of Topliss-reactive ketones (excluding diaryl/α,β-unsaturated/α-hetero) is 1. The van der Waals surface area contributed by atoms with Crippen LogP contribution in [0, 0.1) is 17.1 Å². The predicted molar refractivity (Wildman–Crippen MR) is 107 cm³/mol. The summed E-state index contributed by atoms with van der Waals surface area (Å²) >= 11 is 7.58. The number of amidine groups is 1. The molecule has 3 rings (SSSR count). The van der Waals surface area contributed by atoms with Crippen molar-refractivity contribution < 1.29 is 9.18 Å². The van der Waals surface area contributed by atoms with Crippen molar-refractivity contribution in [2.45, 2.75) is 25.3 Å². The molecule has 1 atom stereocenters. The van der Waals surface area contributed by atoms with Crippen molar-refractivity contribution in [2.24, 2.45) is 10.7 Å². The van der Waals surface area contributed by atoms with E-state index in [4.69, 9.17) is 22.6 Å². The predicted octanol–water partition coefficient (Wildman–Crippen LogP) is 3.75. The molecule has 0 fully saturated rings. The summed E-state index contributed by atoms with van der Waals surface area (Å²) in [7, 11) is 0. The molecule has 2 N–H and O–H groups in total. The minimum Gasteiger partial charge on any atom is -0.378 e. The minimum absolute atomic E-state index is 0.0447. The number of nitrogens with zero attached hydrogens (tertiary/aromatic N) is 4. The zero-order chi connectivity index (χ0) is 20.5. The highest BCUT2D eigenvalue weighted by molar-refractivity contribution is 8.17. The SMILES string of the molecule is C=C1C[C@@](C)(c2cc(CC(=O)c3ncc(C#N)cc3F)cnc2Cl)N=C(N)S1. The second kappa shape index (κ2) is 7.70. The molecule has 0 aromatic carbocycles. The number of halogens is 2. The number of aliphatic imine (C=N–C) groups is 1. The first-order chi connectivity index (χ1) is 13.2. The van der Waals surface area contributed by atoms with Gasteiger partial charge < -0.3 is 5.73 Å². The Labute approximate surface area is 170 Å². The molecule has 0 radical (unpaired) electrons. The molecule has 6 nitrogen and oxygen atoms in total. The quantitative estimate of drug-likeness (QED) is 0.602. The van der Waals surface area contributed by atoms with Gasteiger partial charge in [0.15, 0.2) is 16.8 Å². The molecular formula is C19H15ClFN5OS. The van der Waals surface area contributed by atoms with E-state index in [1.807, 2.05) is 6.92 Å². The Morgan fingerprint density at radius 1 is 1.46 bits per heavy atom. The minimum atomic E-state index is -0.837. The Morgan fingerprint density at radius 2 is 2.21 bits per heavy atom. The summed E-state index contributed by atoms with van der Waals surface area (Å²) in [6.07, 6.45) is 3.00. The first-order valence-electron chi connectivity index (χ1n) is 8.16. The molecule has 0 saturated carbocycles. The lowest BCUT2D eigenvalue weighted by molar-refractivity contribution is 0.0983. The van der Waals surface area contributed by atoms with Crippen molar-refractivity contribution in [3.8, 4) is 6.07 Å². The van der Waals surface area contributed by atoms with Gasteiger partial charge in [-0.05, 0) is 29.5 Å². The van der Waals surface area contributed by atoms with Crippen LogP contribution in [0.4, 0.5) is 4.39 Å². The maximum Gasteiger partial charge on any atom is 0.188 e. The highest BCUT2D eigenvalue weighted by Crippen LogP contribution is 2.42. The van der Waals surface area contributed by atoms with Gasteiger partial charge in [-0.1, -0.05) is 29.9 Å². The zero-order valence-electron chi connectivity index (χ0n) is 14.9. The summed E-state index contributed by atoms with van der Waals surface area (Å²) in [6, 6.07) is 4.47. The average molecular weight is 416 g/mol. The zero-order valence-corrected chi connectivity index (χ0v) is 16.4. The molecule has 1 aliphatic heterocycles. The van der Waals surface area contributed by atoms with Crippen LogP contribution in [0.2, 0.25) is 5.15 Å². The molecule has 2 aromatic heterocycles. The smallest absolute Gasteiger partial charge is 0.188 e. The lowest BCUT2D eigenvalue weighted by Gasteiger charge is -2.31. The Bertz CT molecular complexity index is 1060. The Balaban J connectivity index is 1.92. The molecule has 0 amide bonds. The van der Waals surface area contributed by atoms with Crippen molar-refractivity contribution >= 4 is 34.3 Å². The summed E-state index contributed by atoms with van der Waals surface area (Å²) in [5.41, 5.74) is 5.99. The standard InChI is InChI=1S/C19H15ClFN5OS/c1-10-6-19(2,26-18(23)28-10)13-3-11(8-25-17(13)20)5-15(27)16-14(21)4-12(7-22)9-24-16/h3-4,8-9H,1,5-6H2,2H3,(H2,23,26)/t19-/m0/s1. The van der Waals surface area contributed by atoms with Crippen LogP contribution in [-0.2, 0) is 12.0 Å². The van der Waals surface area contributed by atoms with Crippen LogP contribution in [0.5, 0.6) is 0 Å². The normalized spacial score (nSPS) is 19.1. The van der Waals surface area contributed by atoms with Crippen LogP contribution in [-0.4, -0.2) is 20.9 Å². The number of hydrogen-bond donors (Lipinski definition) is 1. The van der Waals surface area contributed by atoms with Crippen LogP contribution in [0.3, 0.4) is 0 Å². The summed E-state index contributed by atoms with van der Waals surface area (Å²) in [5, 5.41) is 9.40. The van der Waals surface area contributed by atoms with Gasteiger partial charge in [0.1, 0.15) is 16.9 Å². The van der Waals surface area contributed by atoms with Crippen LogP contribution >= 0.6 is 23.4 Å². The maximum atomic E-state index is 14.1. The topological polar surface area (TPSA) is 105 Å². The summed E-state index contributed by atoms with van der Waals surface area (Å²) in [6.45, 7) is 5.82. The fourth-order valence-corrected chi connectivity index (χ4v) is 4.17.